The van der Waals surface area contributed by atoms with Crippen LogP contribution in [0.1, 0.15) is 0 Å². The van der Waals surface area contributed by atoms with Crippen LogP contribution < -0.4 is 4.90 Å². The number of hydrogen-bond donors (Lipinski definition) is 0. The lowest BCUT2D eigenvalue weighted by molar-refractivity contribution is 1.21. The normalized spacial score (nSPS) is 11.1. The van der Waals surface area contributed by atoms with Crippen molar-refractivity contribution in [2.45, 2.75) is 0 Å². The maximum atomic E-state index is 2.30. The molecule has 1 aromatic heterocycles. The molecule has 0 aliphatic heterocycles. The fourth-order valence-corrected chi connectivity index (χ4v) is 4.67. The topological polar surface area (TPSA) is 3.24 Å². The van der Waals surface area contributed by atoms with Crippen LogP contribution in [0.25, 0.3) is 31.3 Å². The molecule has 0 aliphatic rings. The number of rotatable bonds is 3. The van der Waals surface area contributed by atoms with Crippen LogP contribution in [0.4, 0.5) is 11.4 Å². The lowest BCUT2D eigenvalue weighted by Crippen LogP contribution is -2.08. The van der Waals surface area contributed by atoms with E-state index in [-0.39, 0.29) is 0 Å². The Morgan fingerprint density at radius 3 is 2.00 bits per heavy atom. The van der Waals surface area contributed by atoms with E-state index in [2.05, 4.69) is 109 Å². The van der Waals surface area contributed by atoms with Gasteiger partial charge in [0.15, 0.2) is 0 Å². The maximum absolute atomic E-state index is 2.30. The number of fused-ring (bicyclic) bond motifs is 3. The lowest BCUT2D eigenvalue weighted by atomic mass is 10.1. The van der Waals surface area contributed by atoms with E-state index in [1.807, 2.05) is 11.3 Å². The van der Waals surface area contributed by atoms with Crippen molar-refractivity contribution in [3.63, 3.8) is 0 Å². The number of anilines is 2. The third-order valence-electron chi connectivity index (χ3n) is 5.11. The molecule has 0 bridgehead atoms. The van der Waals surface area contributed by atoms with Gasteiger partial charge in [-0.05, 0) is 47.5 Å². The zero-order valence-electron chi connectivity index (χ0n) is 15.1. The lowest BCUT2D eigenvalue weighted by Gasteiger charge is -2.20. The van der Waals surface area contributed by atoms with Crippen molar-refractivity contribution in [2.75, 3.05) is 11.9 Å². The fraction of sp³-hybridized carbons (Fsp3) is 0.0400. The largest absolute Gasteiger partial charge is 0.345 e. The van der Waals surface area contributed by atoms with Crippen molar-refractivity contribution < 1.29 is 0 Å². The minimum Gasteiger partial charge on any atom is -0.345 e. The molecule has 130 valence electrons. The molecule has 1 heterocycles. The Bertz CT molecular complexity index is 1220. The maximum Gasteiger partial charge on any atom is 0.0415 e. The Labute approximate surface area is 163 Å². The smallest absolute Gasteiger partial charge is 0.0415 e. The Morgan fingerprint density at radius 2 is 1.19 bits per heavy atom. The van der Waals surface area contributed by atoms with Crippen LogP contribution in [0.15, 0.2) is 97.1 Å². The van der Waals surface area contributed by atoms with E-state index in [4.69, 9.17) is 0 Å². The van der Waals surface area contributed by atoms with E-state index in [0.29, 0.717) is 0 Å². The van der Waals surface area contributed by atoms with Crippen LogP contribution in [-0.2, 0) is 0 Å². The minimum atomic E-state index is 1.19. The number of benzene rings is 4. The highest BCUT2D eigenvalue weighted by molar-refractivity contribution is 7.25. The summed E-state index contributed by atoms with van der Waals surface area (Å²) in [6.45, 7) is 0. The molecular weight excluding hydrogens is 346 g/mol. The molecule has 2 heteroatoms. The fourth-order valence-electron chi connectivity index (χ4n) is 3.58. The molecule has 0 saturated carbocycles. The molecule has 0 amide bonds. The van der Waals surface area contributed by atoms with Crippen LogP contribution in [0.2, 0.25) is 0 Å². The van der Waals surface area contributed by atoms with Gasteiger partial charge in [0.1, 0.15) is 0 Å². The summed E-state index contributed by atoms with van der Waals surface area (Å²) in [6, 6.07) is 34.7. The number of thiophene rings is 1. The third kappa shape index (κ3) is 2.88. The van der Waals surface area contributed by atoms with E-state index in [1.165, 1.54) is 42.7 Å². The Balaban J connectivity index is 1.51. The van der Waals surface area contributed by atoms with Gasteiger partial charge in [0.25, 0.3) is 0 Å². The average molecular weight is 366 g/mol. The molecule has 0 atom stereocenters. The summed E-state index contributed by atoms with van der Waals surface area (Å²) < 4.78 is 2.69. The van der Waals surface area contributed by atoms with Crippen LogP contribution in [0, 0.1) is 0 Å². The molecule has 0 fully saturated rings. The third-order valence-corrected chi connectivity index (χ3v) is 6.26. The molecule has 5 rings (SSSR count). The van der Waals surface area contributed by atoms with Crippen LogP contribution >= 0.6 is 11.3 Å². The minimum absolute atomic E-state index is 1.19. The molecule has 1 nitrogen and oxygen atoms in total. The molecule has 0 unspecified atom stereocenters. The SMILES string of the molecule is CN(c1ccc(-c2ccccc2)cc1)c1ccc2sc3ccccc3c2c1. The molecule has 5 aromatic rings. The second-order valence-corrected chi connectivity index (χ2v) is 7.83. The van der Waals surface area contributed by atoms with Crippen LogP contribution in [-0.4, -0.2) is 7.05 Å². The Morgan fingerprint density at radius 1 is 0.556 bits per heavy atom. The van der Waals surface area contributed by atoms with E-state index in [0.717, 1.165) is 0 Å². The van der Waals surface area contributed by atoms with Gasteiger partial charge >= 0.3 is 0 Å². The monoisotopic (exact) mass is 365 g/mol. The summed E-state index contributed by atoms with van der Waals surface area (Å²) in [7, 11) is 2.13. The van der Waals surface area contributed by atoms with Crippen molar-refractivity contribution in [3.8, 4) is 11.1 Å². The first-order valence-electron chi connectivity index (χ1n) is 9.10. The molecule has 27 heavy (non-hydrogen) atoms. The van der Waals surface area contributed by atoms with Gasteiger partial charge in [0.2, 0.25) is 0 Å². The van der Waals surface area contributed by atoms with Crippen LogP contribution in [0.3, 0.4) is 0 Å². The van der Waals surface area contributed by atoms with Crippen molar-refractivity contribution in [3.05, 3.63) is 97.1 Å². The summed E-state index contributed by atoms with van der Waals surface area (Å²) in [5.41, 5.74) is 4.89. The van der Waals surface area contributed by atoms with Gasteiger partial charge in [0.05, 0.1) is 0 Å². The zero-order chi connectivity index (χ0) is 18.2. The molecular formula is C25H19NS. The highest BCUT2D eigenvalue weighted by atomic mass is 32.1. The average Bonchev–Trinajstić information content (AvgIpc) is 3.12. The first-order valence-corrected chi connectivity index (χ1v) is 9.92. The predicted octanol–water partition coefficient (Wildman–Crippen LogP) is 7.49. The van der Waals surface area contributed by atoms with Gasteiger partial charge in [-0.3, -0.25) is 0 Å². The van der Waals surface area contributed by atoms with Gasteiger partial charge in [-0.1, -0.05) is 60.7 Å². The molecule has 0 spiro atoms. The van der Waals surface area contributed by atoms with Gasteiger partial charge < -0.3 is 4.90 Å². The van der Waals surface area contributed by atoms with Crippen molar-refractivity contribution in [1.82, 2.24) is 0 Å². The predicted molar refractivity (Wildman–Crippen MR) is 119 cm³/mol. The standard InChI is InChI=1S/C25H19NS/c1-26(20-13-11-19(12-14-20)18-7-3-2-4-8-18)21-15-16-25-23(17-21)22-9-5-6-10-24(22)27-25/h2-17H,1H3. The van der Waals surface area contributed by atoms with Crippen molar-refractivity contribution in [1.29, 1.82) is 0 Å². The molecule has 0 radical (unpaired) electrons. The first-order chi connectivity index (χ1) is 13.3. The second-order valence-electron chi connectivity index (χ2n) is 6.75. The quantitative estimate of drug-likeness (QED) is 0.320. The summed E-state index contributed by atoms with van der Waals surface area (Å²) in [5, 5.41) is 2.67. The highest BCUT2D eigenvalue weighted by Crippen LogP contribution is 2.37. The van der Waals surface area contributed by atoms with E-state index in [9.17, 15) is 0 Å². The summed E-state index contributed by atoms with van der Waals surface area (Å²) in [5.74, 6) is 0. The zero-order valence-corrected chi connectivity index (χ0v) is 15.9. The van der Waals surface area contributed by atoms with Crippen LogP contribution in [0.5, 0.6) is 0 Å². The second kappa shape index (κ2) is 6.57. The van der Waals surface area contributed by atoms with Crippen molar-refractivity contribution in [2.24, 2.45) is 0 Å². The van der Waals surface area contributed by atoms with Gasteiger partial charge in [-0.25, -0.2) is 0 Å². The molecule has 0 aliphatic carbocycles. The molecule has 4 aromatic carbocycles. The van der Waals surface area contributed by atoms with E-state index >= 15 is 0 Å². The highest BCUT2D eigenvalue weighted by Gasteiger charge is 2.09. The summed E-state index contributed by atoms with van der Waals surface area (Å²) in [6.07, 6.45) is 0. The van der Waals surface area contributed by atoms with Gasteiger partial charge in [-0.15, -0.1) is 11.3 Å². The molecule has 0 saturated heterocycles. The molecule has 0 N–H and O–H groups in total. The van der Waals surface area contributed by atoms with Gasteiger partial charge in [-0.2, -0.15) is 0 Å². The Kier molecular flexibility index (Phi) is 3.92. The van der Waals surface area contributed by atoms with E-state index < -0.39 is 0 Å². The summed E-state index contributed by atoms with van der Waals surface area (Å²) in [4.78, 5) is 2.25. The number of hydrogen-bond acceptors (Lipinski definition) is 2. The van der Waals surface area contributed by atoms with Gasteiger partial charge in [0, 0.05) is 38.6 Å². The summed E-state index contributed by atoms with van der Waals surface area (Å²) >= 11 is 1.86. The first kappa shape index (κ1) is 16.1. The Hall–Kier alpha value is -3.10. The number of nitrogens with zero attached hydrogens (tertiary/aromatic N) is 1. The van der Waals surface area contributed by atoms with Crippen molar-refractivity contribution >= 4 is 42.9 Å². The van der Waals surface area contributed by atoms with E-state index in [1.54, 1.807) is 0 Å².